The van der Waals surface area contributed by atoms with Crippen molar-refractivity contribution in [3.63, 3.8) is 0 Å². The van der Waals surface area contributed by atoms with Crippen LogP contribution < -0.4 is 9.64 Å². The molecule has 0 bridgehead atoms. The molecule has 0 saturated heterocycles. The van der Waals surface area contributed by atoms with Crippen molar-refractivity contribution in [3.8, 4) is 5.75 Å². The Balaban J connectivity index is 1.73. The van der Waals surface area contributed by atoms with Crippen molar-refractivity contribution in [1.29, 1.82) is 0 Å². The molecule has 6 nitrogen and oxygen atoms in total. The number of carbonyl (C=O) groups is 1. The molecular formula is C22H29NO5. The van der Waals surface area contributed by atoms with E-state index in [-0.39, 0.29) is 12.1 Å². The topological polar surface area (TPSA) is 57.2 Å². The number of carbonyl (C=O) groups excluding carboxylic acids is 1. The van der Waals surface area contributed by atoms with Gasteiger partial charge in [-0.2, -0.15) is 0 Å². The predicted molar refractivity (Wildman–Crippen MR) is 108 cm³/mol. The summed E-state index contributed by atoms with van der Waals surface area (Å²) in [4.78, 5) is 14.1. The second-order valence-electron chi connectivity index (χ2n) is 7.10. The molecule has 1 aliphatic carbocycles. The molecule has 0 fully saturated rings. The molecule has 3 atom stereocenters. The maximum Gasteiger partial charge on any atom is 0.335 e. The molecule has 0 amide bonds. The van der Waals surface area contributed by atoms with Crippen molar-refractivity contribution in [2.45, 2.75) is 37.6 Å². The summed E-state index contributed by atoms with van der Waals surface area (Å²) in [5.74, 6) is 0.511. The fourth-order valence-electron chi connectivity index (χ4n) is 3.77. The molecule has 1 heterocycles. The average molecular weight is 387 g/mol. The normalized spacial score (nSPS) is 24.8. The molecule has 6 heteroatoms. The summed E-state index contributed by atoms with van der Waals surface area (Å²) in [7, 11) is 5.16. The van der Waals surface area contributed by atoms with Crippen molar-refractivity contribution in [3.05, 3.63) is 48.1 Å². The number of rotatable bonds is 7. The van der Waals surface area contributed by atoms with Gasteiger partial charge in [-0.25, -0.2) is 4.79 Å². The first-order valence-corrected chi connectivity index (χ1v) is 9.62. The van der Waals surface area contributed by atoms with Crippen molar-refractivity contribution >= 4 is 11.7 Å². The van der Waals surface area contributed by atoms with Gasteiger partial charge in [0.1, 0.15) is 17.5 Å². The number of hydrogen-bond acceptors (Lipinski definition) is 6. The van der Waals surface area contributed by atoms with Crippen LogP contribution in [0, 0.1) is 0 Å². The quantitative estimate of drug-likeness (QED) is 0.670. The highest BCUT2D eigenvalue weighted by atomic mass is 16.6. The lowest BCUT2D eigenvalue weighted by Gasteiger charge is -2.43. The third-order valence-electron chi connectivity index (χ3n) is 5.43. The summed E-state index contributed by atoms with van der Waals surface area (Å²) in [6.07, 6.45) is 6.56. The molecule has 1 aromatic carbocycles. The molecule has 28 heavy (non-hydrogen) atoms. The summed E-state index contributed by atoms with van der Waals surface area (Å²) in [6.45, 7) is 3.05. The minimum absolute atomic E-state index is 0.144. The zero-order chi connectivity index (χ0) is 20.1. The smallest absolute Gasteiger partial charge is 0.335 e. The van der Waals surface area contributed by atoms with Gasteiger partial charge in [0.05, 0.1) is 19.3 Å². The standard InChI is InChI=1S/C22H29NO5/c1-5-27-19(21(24)25-3)14-16-10-12-22(26-4,13-11-16)20-15-23(2)17-8-6-7-9-18(17)28-20/h6-12,19-20H,5,13-15H2,1-4H3. The third-order valence-corrected chi connectivity index (χ3v) is 5.43. The first-order chi connectivity index (χ1) is 13.5. The van der Waals surface area contributed by atoms with Crippen LogP contribution in [0.5, 0.6) is 5.75 Å². The van der Waals surface area contributed by atoms with E-state index in [4.69, 9.17) is 18.9 Å². The van der Waals surface area contributed by atoms with Gasteiger partial charge in [0, 0.05) is 33.6 Å². The molecule has 3 rings (SSSR count). The molecule has 1 aliphatic heterocycles. The van der Waals surface area contributed by atoms with Crippen LogP contribution in [-0.2, 0) is 19.0 Å². The van der Waals surface area contributed by atoms with Gasteiger partial charge >= 0.3 is 5.97 Å². The number of para-hydroxylation sites is 2. The van der Waals surface area contributed by atoms with E-state index in [0.717, 1.165) is 23.6 Å². The Morgan fingerprint density at radius 3 is 2.79 bits per heavy atom. The zero-order valence-electron chi connectivity index (χ0n) is 17.0. The number of anilines is 1. The van der Waals surface area contributed by atoms with Gasteiger partial charge in [-0.1, -0.05) is 24.3 Å². The van der Waals surface area contributed by atoms with Crippen LogP contribution in [0.1, 0.15) is 19.8 Å². The number of fused-ring (bicyclic) bond motifs is 1. The van der Waals surface area contributed by atoms with E-state index in [0.29, 0.717) is 19.4 Å². The molecule has 0 radical (unpaired) electrons. The fraction of sp³-hybridized carbons (Fsp3) is 0.500. The summed E-state index contributed by atoms with van der Waals surface area (Å²) in [5.41, 5.74) is 1.55. The number of hydrogen-bond donors (Lipinski definition) is 0. The Morgan fingerprint density at radius 2 is 2.14 bits per heavy atom. The fourth-order valence-corrected chi connectivity index (χ4v) is 3.77. The van der Waals surface area contributed by atoms with Crippen LogP contribution in [0.2, 0.25) is 0 Å². The predicted octanol–water partition coefficient (Wildman–Crippen LogP) is 3.12. The van der Waals surface area contributed by atoms with Crippen molar-refractivity contribution < 1.29 is 23.7 Å². The van der Waals surface area contributed by atoms with Crippen LogP contribution in [-0.4, -0.2) is 58.2 Å². The highest BCUT2D eigenvalue weighted by Crippen LogP contribution is 2.39. The largest absolute Gasteiger partial charge is 0.483 e. The van der Waals surface area contributed by atoms with Crippen LogP contribution in [0.25, 0.3) is 0 Å². The van der Waals surface area contributed by atoms with Gasteiger partial charge in [0.25, 0.3) is 0 Å². The van der Waals surface area contributed by atoms with E-state index < -0.39 is 11.7 Å². The van der Waals surface area contributed by atoms with E-state index in [2.05, 4.69) is 30.2 Å². The average Bonchev–Trinajstić information content (AvgIpc) is 2.73. The molecule has 0 N–H and O–H groups in total. The number of likely N-dealkylation sites (N-methyl/N-ethyl adjacent to an activating group) is 1. The Hall–Kier alpha value is -2.31. The minimum Gasteiger partial charge on any atom is -0.483 e. The molecule has 0 spiro atoms. The van der Waals surface area contributed by atoms with Crippen LogP contribution >= 0.6 is 0 Å². The van der Waals surface area contributed by atoms with Crippen molar-refractivity contribution in [1.82, 2.24) is 0 Å². The number of allylic oxidation sites excluding steroid dienone is 1. The van der Waals surface area contributed by atoms with E-state index >= 15 is 0 Å². The number of benzene rings is 1. The van der Waals surface area contributed by atoms with E-state index in [1.54, 1.807) is 7.11 Å². The molecule has 3 unspecified atom stereocenters. The maximum absolute atomic E-state index is 11.9. The minimum atomic E-state index is -0.593. The van der Waals surface area contributed by atoms with Crippen LogP contribution in [0.15, 0.2) is 48.1 Å². The lowest BCUT2D eigenvalue weighted by Crippen LogP contribution is -2.54. The van der Waals surface area contributed by atoms with Crippen LogP contribution in [0.3, 0.4) is 0 Å². The Morgan fingerprint density at radius 1 is 1.36 bits per heavy atom. The summed E-state index contributed by atoms with van der Waals surface area (Å²) < 4.78 is 22.6. The van der Waals surface area contributed by atoms with Crippen molar-refractivity contribution in [2.24, 2.45) is 0 Å². The zero-order valence-corrected chi connectivity index (χ0v) is 17.0. The molecule has 0 aromatic heterocycles. The third kappa shape index (κ3) is 4.08. The number of esters is 1. The van der Waals surface area contributed by atoms with E-state index in [1.165, 1.54) is 7.11 Å². The number of nitrogens with zero attached hydrogens (tertiary/aromatic N) is 1. The van der Waals surface area contributed by atoms with Crippen molar-refractivity contribution in [2.75, 3.05) is 39.3 Å². The Bertz CT molecular complexity index is 759. The van der Waals surface area contributed by atoms with Gasteiger partial charge in [0.2, 0.25) is 0 Å². The van der Waals surface area contributed by atoms with Gasteiger partial charge in [-0.15, -0.1) is 0 Å². The highest BCUT2D eigenvalue weighted by Gasteiger charge is 2.42. The monoisotopic (exact) mass is 387 g/mol. The lowest BCUT2D eigenvalue weighted by atomic mass is 9.84. The second kappa shape index (κ2) is 8.80. The van der Waals surface area contributed by atoms with Gasteiger partial charge in [-0.3, -0.25) is 0 Å². The molecule has 2 aliphatic rings. The van der Waals surface area contributed by atoms with Crippen LogP contribution in [0.4, 0.5) is 5.69 Å². The Labute approximate surface area is 166 Å². The molecule has 1 aromatic rings. The number of ether oxygens (including phenoxy) is 4. The number of methoxy groups -OCH3 is 2. The summed E-state index contributed by atoms with van der Waals surface area (Å²) in [5, 5.41) is 0. The van der Waals surface area contributed by atoms with Gasteiger partial charge in [0.15, 0.2) is 6.10 Å². The Kier molecular flexibility index (Phi) is 6.42. The second-order valence-corrected chi connectivity index (χ2v) is 7.10. The van der Waals surface area contributed by atoms with E-state index in [1.807, 2.05) is 31.2 Å². The first kappa shape index (κ1) is 20.4. The van der Waals surface area contributed by atoms with Gasteiger partial charge < -0.3 is 23.8 Å². The SMILES string of the molecule is CCOC(CC1=CCC(OC)(C2CN(C)c3ccccc3O2)C=C1)C(=O)OC. The van der Waals surface area contributed by atoms with E-state index in [9.17, 15) is 4.79 Å². The maximum atomic E-state index is 11.9. The highest BCUT2D eigenvalue weighted by molar-refractivity contribution is 5.75. The van der Waals surface area contributed by atoms with Gasteiger partial charge in [-0.05, 0) is 30.7 Å². The molecule has 152 valence electrons. The molecule has 0 saturated carbocycles. The summed E-state index contributed by atoms with van der Waals surface area (Å²) >= 11 is 0. The molecular weight excluding hydrogens is 358 g/mol. The summed E-state index contributed by atoms with van der Waals surface area (Å²) in [6, 6.07) is 8.03. The lowest BCUT2D eigenvalue weighted by molar-refractivity contribution is -0.153. The first-order valence-electron chi connectivity index (χ1n) is 9.62.